The normalized spacial score (nSPS) is 12.3. The summed E-state index contributed by atoms with van der Waals surface area (Å²) >= 11 is 5.90. The highest BCUT2D eigenvalue weighted by Crippen LogP contribution is 2.29. The van der Waals surface area contributed by atoms with Crippen molar-refractivity contribution in [2.45, 2.75) is 31.5 Å². The lowest BCUT2D eigenvalue weighted by Crippen LogP contribution is -2.39. The van der Waals surface area contributed by atoms with Crippen molar-refractivity contribution in [3.05, 3.63) is 70.2 Å². The molecule has 0 fully saturated rings. The highest BCUT2D eigenvalue weighted by atomic mass is 35.5. The molecule has 0 aliphatic rings. The number of halogens is 4. The maximum atomic E-state index is 12.7. The Morgan fingerprint density at radius 2 is 1.79 bits per heavy atom. The van der Waals surface area contributed by atoms with Gasteiger partial charge in [0.05, 0.1) is 25.5 Å². The summed E-state index contributed by atoms with van der Waals surface area (Å²) < 4.78 is 42.7. The fourth-order valence-corrected chi connectivity index (χ4v) is 2.90. The predicted octanol–water partition coefficient (Wildman–Crippen LogP) is 4.19. The molecule has 28 heavy (non-hydrogen) atoms. The maximum absolute atomic E-state index is 12.7. The van der Waals surface area contributed by atoms with Crippen molar-refractivity contribution in [3.8, 4) is 0 Å². The van der Waals surface area contributed by atoms with Crippen LogP contribution in [0.15, 0.2) is 48.5 Å². The third-order valence-corrected chi connectivity index (χ3v) is 4.26. The summed E-state index contributed by atoms with van der Waals surface area (Å²) in [4.78, 5) is 24.0. The Balaban J connectivity index is 2.06. The average Bonchev–Trinajstić information content (AvgIpc) is 2.61. The zero-order chi connectivity index (χ0) is 20.7. The lowest BCUT2D eigenvalue weighted by molar-refractivity contribution is -0.141. The van der Waals surface area contributed by atoms with Crippen LogP contribution in [0.5, 0.6) is 0 Å². The Kier molecular flexibility index (Phi) is 7.45. The second-order valence-electron chi connectivity index (χ2n) is 6.25. The molecule has 1 amide bonds. The molecule has 0 heterocycles. The second-order valence-corrected chi connectivity index (χ2v) is 6.69. The van der Waals surface area contributed by atoms with Crippen LogP contribution < -0.4 is 5.32 Å². The van der Waals surface area contributed by atoms with Crippen LogP contribution in [-0.4, -0.2) is 25.0 Å². The van der Waals surface area contributed by atoms with Crippen LogP contribution in [0.25, 0.3) is 0 Å². The van der Waals surface area contributed by atoms with Crippen molar-refractivity contribution >= 4 is 23.5 Å². The van der Waals surface area contributed by atoms with Crippen LogP contribution in [0.3, 0.4) is 0 Å². The molecule has 2 rings (SSSR count). The summed E-state index contributed by atoms with van der Waals surface area (Å²) in [6.45, 7) is 0. The van der Waals surface area contributed by atoms with E-state index in [0.717, 1.165) is 12.1 Å². The monoisotopic (exact) mass is 413 g/mol. The summed E-state index contributed by atoms with van der Waals surface area (Å²) in [5.41, 5.74) is 0.507. The molecule has 0 unspecified atom stereocenters. The highest BCUT2D eigenvalue weighted by Gasteiger charge is 2.30. The molecule has 0 spiro atoms. The fraction of sp³-hybridized carbons (Fsp3) is 0.300. The second kappa shape index (κ2) is 9.59. The molecule has 1 N–H and O–H groups in total. The molecule has 150 valence electrons. The van der Waals surface area contributed by atoms with E-state index in [1.165, 1.54) is 19.2 Å². The van der Waals surface area contributed by atoms with Crippen LogP contribution in [-0.2, 0) is 33.3 Å². The predicted molar refractivity (Wildman–Crippen MR) is 98.9 cm³/mol. The molecule has 0 saturated heterocycles. The molecule has 1 atom stereocenters. The molecule has 2 aromatic carbocycles. The average molecular weight is 414 g/mol. The van der Waals surface area contributed by atoms with Gasteiger partial charge in [-0.1, -0.05) is 35.9 Å². The van der Waals surface area contributed by atoms with E-state index in [0.29, 0.717) is 16.1 Å². The van der Waals surface area contributed by atoms with Gasteiger partial charge in [0.1, 0.15) is 0 Å². The number of carbonyl (C=O) groups excluding carboxylic acids is 2. The number of carbonyl (C=O) groups is 2. The van der Waals surface area contributed by atoms with Crippen molar-refractivity contribution in [1.29, 1.82) is 0 Å². The molecule has 0 saturated carbocycles. The molecule has 4 nitrogen and oxygen atoms in total. The lowest BCUT2D eigenvalue weighted by atomic mass is 10.0. The number of ether oxygens (including phenoxy) is 1. The first-order valence-corrected chi connectivity index (χ1v) is 8.82. The minimum Gasteiger partial charge on any atom is -0.469 e. The minimum atomic E-state index is -4.42. The maximum Gasteiger partial charge on any atom is 0.416 e. The van der Waals surface area contributed by atoms with Gasteiger partial charge >= 0.3 is 12.1 Å². The minimum absolute atomic E-state index is 0.0608. The molecule has 0 radical (unpaired) electrons. The molecule has 0 aliphatic carbocycles. The molecular formula is C20H19ClF3NO3. The number of hydrogen-bond donors (Lipinski definition) is 1. The number of amides is 1. The quantitative estimate of drug-likeness (QED) is 0.692. The zero-order valence-corrected chi connectivity index (χ0v) is 15.8. The summed E-state index contributed by atoms with van der Waals surface area (Å²) in [6, 6.07) is 10.8. The van der Waals surface area contributed by atoms with Gasteiger partial charge in [0, 0.05) is 11.1 Å². The van der Waals surface area contributed by atoms with Crippen molar-refractivity contribution < 1.29 is 27.5 Å². The van der Waals surface area contributed by atoms with E-state index in [1.54, 1.807) is 24.3 Å². The van der Waals surface area contributed by atoms with Crippen molar-refractivity contribution in [3.63, 3.8) is 0 Å². The Bertz CT molecular complexity index is 822. The van der Waals surface area contributed by atoms with E-state index >= 15 is 0 Å². The molecule has 0 aliphatic heterocycles. The van der Waals surface area contributed by atoms with E-state index in [2.05, 4.69) is 10.1 Å². The molecule has 0 bridgehead atoms. The number of hydrogen-bond acceptors (Lipinski definition) is 3. The van der Waals surface area contributed by atoms with Gasteiger partial charge < -0.3 is 10.1 Å². The lowest BCUT2D eigenvalue weighted by Gasteiger charge is -2.18. The molecular weight excluding hydrogens is 395 g/mol. The third-order valence-electron chi connectivity index (χ3n) is 4.02. The van der Waals surface area contributed by atoms with Crippen LogP contribution in [0.4, 0.5) is 13.2 Å². The van der Waals surface area contributed by atoms with Gasteiger partial charge in [-0.2, -0.15) is 13.2 Å². The molecule has 2 aromatic rings. The van der Waals surface area contributed by atoms with Crippen molar-refractivity contribution in [1.82, 2.24) is 5.32 Å². The SMILES string of the molecule is COC(=O)C[C@H](Cc1ccc(C(F)(F)F)cc1)NC(=O)Cc1cccc(Cl)c1. The smallest absolute Gasteiger partial charge is 0.416 e. The summed E-state index contributed by atoms with van der Waals surface area (Å²) in [7, 11) is 1.23. The first-order chi connectivity index (χ1) is 13.2. The van der Waals surface area contributed by atoms with E-state index < -0.39 is 23.8 Å². The van der Waals surface area contributed by atoms with Crippen LogP contribution in [0.2, 0.25) is 5.02 Å². The first kappa shape index (κ1) is 21.8. The Morgan fingerprint density at radius 3 is 2.36 bits per heavy atom. The summed E-state index contributed by atoms with van der Waals surface area (Å²) in [5.74, 6) is -0.858. The Morgan fingerprint density at radius 1 is 1.11 bits per heavy atom. The number of benzene rings is 2. The van der Waals surface area contributed by atoms with Gasteiger partial charge in [-0.15, -0.1) is 0 Å². The third kappa shape index (κ3) is 6.88. The Labute approximate surface area is 165 Å². The zero-order valence-electron chi connectivity index (χ0n) is 15.1. The van der Waals surface area contributed by atoms with Gasteiger partial charge in [0.15, 0.2) is 0 Å². The number of esters is 1. The number of methoxy groups -OCH3 is 1. The van der Waals surface area contributed by atoms with Crippen LogP contribution in [0, 0.1) is 0 Å². The number of nitrogens with one attached hydrogen (secondary N) is 1. The molecule has 0 aromatic heterocycles. The van der Waals surface area contributed by atoms with E-state index in [9.17, 15) is 22.8 Å². The highest BCUT2D eigenvalue weighted by molar-refractivity contribution is 6.30. The number of rotatable bonds is 7. The van der Waals surface area contributed by atoms with Gasteiger partial charge in [-0.3, -0.25) is 9.59 Å². The van der Waals surface area contributed by atoms with Crippen molar-refractivity contribution in [2.24, 2.45) is 0 Å². The first-order valence-electron chi connectivity index (χ1n) is 8.44. The largest absolute Gasteiger partial charge is 0.469 e. The van der Waals surface area contributed by atoms with Crippen molar-refractivity contribution in [2.75, 3.05) is 7.11 Å². The molecule has 8 heteroatoms. The fourth-order valence-electron chi connectivity index (χ4n) is 2.68. The topological polar surface area (TPSA) is 55.4 Å². The van der Waals surface area contributed by atoms with Gasteiger partial charge in [0.2, 0.25) is 5.91 Å². The van der Waals surface area contributed by atoms with E-state index in [1.807, 2.05) is 0 Å². The summed E-state index contributed by atoms with van der Waals surface area (Å²) in [6.07, 6.45) is -4.27. The standard InChI is InChI=1S/C20H19ClF3NO3/c1-28-19(27)12-17(10-13-5-7-15(8-6-13)20(22,23)24)25-18(26)11-14-3-2-4-16(21)9-14/h2-9,17H,10-12H2,1H3,(H,25,26)/t17-/m0/s1. The van der Waals surface area contributed by atoms with E-state index in [-0.39, 0.29) is 25.2 Å². The van der Waals surface area contributed by atoms with Crippen LogP contribution >= 0.6 is 11.6 Å². The van der Waals surface area contributed by atoms with Gasteiger partial charge in [-0.05, 0) is 41.8 Å². The summed E-state index contributed by atoms with van der Waals surface area (Å²) in [5, 5.41) is 3.24. The Hall–Kier alpha value is -2.54. The van der Waals surface area contributed by atoms with Crippen LogP contribution in [0.1, 0.15) is 23.1 Å². The van der Waals surface area contributed by atoms with Gasteiger partial charge in [0.25, 0.3) is 0 Å². The van der Waals surface area contributed by atoms with E-state index in [4.69, 9.17) is 11.6 Å². The van der Waals surface area contributed by atoms with Gasteiger partial charge in [-0.25, -0.2) is 0 Å². The number of alkyl halides is 3.